The maximum Gasteiger partial charge on any atom is 0.254 e. The lowest BCUT2D eigenvalue weighted by Gasteiger charge is -2.32. The number of nitrogens with one attached hydrogen (secondary N) is 1. The summed E-state index contributed by atoms with van der Waals surface area (Å²) in [6.07, 6.45) is 6.84. The van der Waals surface area contributed by atoms with E-state index < -0.39 is 0 Å². The highest BCUT2D eigenvalue weighted by Crippen LogP contribution is 2.27. The summed E-state index contributed by atoms with van der Waals surface area (Å²) in [5, 5.41) is 4.14. The Balaban J connectivity index is 0.00000160. The molecule has 1 N–H and O–H groups in total. The Morgan fingerprint density at radius 3 is 2.50 bits per heavy atom. The third-order valence-corrected chi connectivity index (χ3v) is 5.63. The molecule has 5 nitrogen and oxygen atoms in total. The van der Waals surface area contributed by atoms with E-state index in [1.807, 2.05) is 54.4 Å². The molecule has 30 heavy (non-hydrogen) atoms. The molecule has 0 atom stereocenters. The molecule has 3 aromatic rings. The number of para-hydroxylation sites is 1. The monoisotopic (exact) mass is 446 g/mol. The number of fused-ring (bicyclic) bond motifs is 1. The van der Waals surface area contributed by atoms with Gasteiger partial charge in [0.15, 0.2) is 0 Å². The summed E-state index contributed by atoms with van der Waals surface area (Å²) in [5.41, 5.74) is 3.38. The van der Waals surface area contributed by atoms with Crippen molar-refractivity contribution in [3.05, 3.63) is 60.4 Å². The highest BCUT2D eigenvalue weighted by atomic mass is 35.5. The second kappa shape index (κ2) is 11.3. The smallest absolute Gasteiger partial charge is 0.254 e. The zero-order valence-electron chi connectivity index (χ0n) is 17.1. The van der Waals surface area contributed by atoms with Crippen molar-refractivity contribution in [2.24, 2.45) is 5.92 Å². The van der Waals surface area contributed by atoms with Gasteiger partial charge in [-0.15, -0.1) is 24.8 Å². The molecule has 7 heteroatoms. The largest absolute Gasteiger partial charge is 0.339 e. The van der Waals surface area contributed by atoms with Crippen molar-refractivity contribution in [1.29, 1.82) is 0 Å². The molecule has 1 fully saturated rings. The lowest BCUT2D eigenvalue weighted by atomic mass is 9.93. The molecule has 2 aromatic heterocycles. The highest BCUT2D eigenvalue weighted by molar-refractivity contribution is 6.07. The van der Waals surface area contributed by atoms with Gasteiger partial charge in [-0.25, -0.2) is 4.98 Å². The number of carbonyl (C=O) groups is 1. The average molecular weight is 447 g/mol. The van der Waals surface area contributed by atoms with Crippen molar-refractivity contribution in [2.45, 2.75) is 19.3 Å². The van der Waals surface area contributed by atoms with Gasteiger partial charge in [0.25, 0.3) is 5.91 Å². The van der Waals surface area contributed by atoms with Gasteiger partial charge in [-0.05, 0) is 63.0 Å². The van der Waals surface area contributed by atoms with E-state index >= 15 is 0 Å². The molecule has 160 valence electrons. The van der Waals surface area contributed by atoms with E-state index in [-0.39, 0.29) is 30.7 Å². The fourth-order valence-electron chi connectivity index (χ4n) is 3.97. The molecule has 0 bridgehead atoms. The number of nitrogens with zero attached hydrogens (tertiary/aromatic N) is 3. The van der Waals surface area contributed by atoms with Gasteiger partial charge in [0.1, 0.15) is 0 Å². The minimum atomic E-state index is 0. The maximum absolute atomic E-state index is 13.4. The summed E-state index contributed by atoms with van der Waals surface area (Å²) in [4.78, 5) is 24.3. The van der Waals surface area contributed by atoms with Crippen LogP contribution in [0.1, 0.15) is 29.6 Å². The maximum atomic E-state index is 13.4. The summed E-state index contributed by atoms with van der Waals surface area (Å²) in [6, 6.07) is 13.7. The van der Waals surface area contributed by atoms with Crippen molar-refractivity contribution in [1.82, 2.24) is 20.2 Å². The lowest BCUT2D eigenvalue weighted by Crippen LogP contribution is -2.39. The zero-order valence-corrected chi connectivity index (χ0v) is 18.7. The molecular formula is C23H28Cl2N4O. The molecule has 1 saturated heterocycles. The Bertz CT molecular complexity index is 960. The first-order valence-corrected chi connectivity index (χ1v) is 10.0. The predicted octanol–water partition coefficient (Wildman–Crippen LogP) is 4.60. The molecule has 0 spiro atoms. The van der Waals surface area contributed by atoms with Gasteiger partial charge in [0.05, 0.1) is 16.8 Å². The van der Waals surface area contributed by atoms with E-state index in [0.717, 1.165) is 60.2 Å². The number of benzene rings is 1. The van der Waals surface area contributed by atoms with E-state index in [9.17, 15) is 4.79 Å². The Morgan fingerprint density at radius 1 is 1.10 bits per heavy atom. The minimum absolute atomic E-state index is 0. The van der Waals surface area contributed by atoms with Gasteiger partial charge in [-0.2, -0.15) is 0 Å². The predicted molar refractivity (Wildman–Crippen MR) is 127 cm³/mol. The van der Waals surface area contributed by atoms with Gasteiger partial charge in [0, 0.05) is 36.4 Å². The lowest BCUT2D eigenvalue weighted by molar-refractivity contribution is 0.0689. The molecule has 0 saturated carbocycles. The van der Waals surface area contributed by atoms with Crippen molar-refractivity contribution < 1.29 is 4.79 Å². The van der Waals surface area contributed by atoms with E-state index in [1.165, 1.54) is 6.42 Å². The molecule has 1 amide bonds. The Kier molecular flexibility index (Phi) is 9.03. The fourth-order valence-corrected chi connectivity index (χ4v) is 3.97. The van der Waals surface area contributed by atoms with Crippen molar-refractivity contribution in [3.8, 4) is 11.3 Å². The molecule has 0 radical (unpaired) electrons. The normalized spacial score (nSPS) is 14.1. The standard InChI is InChI=1S/C23H26N4O.2ClH/c1-24-11-6-17-9-14-27(15-10-17)23(28)20-16-22(18-7-12-25-13-8-18)26-21-5-3-2-4-19(20)21;;/h2-5,7-8,12-13,16-17,24H,6,9-11,14-15H2,1H3;2*1H. The highest BCUT2D eigenvalue weighted by Gasteiger charge is 2.25. The minimum Gasteiger partial charge on any atom is -0.339 e. The molecule has 1 aromatic carbocycles. The number of carbonyl (C=O) groups excluding carboxylic acids is 1. The third kappa shape index (κ3) is 5.28. The Hall–Kier alpha value is -2.21. The summed E-state index contributed by atoms with van der Waals surface area (Å²) >= 11 is 0. The first kappa shape index (κ1) is 24.1. The van der Waals surface area contributed by atoms with Crippen molar-refractivity contribution in [3.63, 3.8) is 0 Å². The third-order valence-electron chi connectivity index (χ3n) is 5.63. The summed E-state index contributed by atoms with van der Waals surface area (Å²) in [7, 11) is 1.99. The van der Waals surface area contributed by atoms with Crippen LogP contribution in [0.2, 0.25) is 0 Å². The molecule has 3 heterocycles. The fraction of sp³-hybridized carbons (Fsp3) is 0.348. The van der Waals surface area contributed by atoms with Gasteiger partial charge in [0.2, 0.25) is 0 Å². The van der Waals surface area contributed by atoms with Gasteiger partial charge in [-0.3, -0.25) is 9.78 Å². The summed E-state index contributed by atoms with van der Waals surface area (Å²) < 4.78 is 0. The van der Waals surface area contributed by atoms with Crippen LogP contribution in [0.4, 0.5) is 0 Å². The first-order valence-electron chi connectivity index (χ1n) is 10.0. The average Bonchev–Trinajstić information content (AvgIpc) is 2.77. The molecule has 1 aliphatic heterocycles. The number of piperidine rings is 1. The van der Waals surface area contributed by atoms with Crippen LogP contribution in [0.15, 0.2) is 54.9 Å². The Labute approximate surface area is 190 Å². The number of likely N-dealkylation sites (tertiary alicyclic amines) is 1. The summed E-state index contributed by atoms with van der Waals surface area (Å²) in [5.74, 6) is 0.819. The number of hydrogen-bond acceptors (Lipinski definition) is 4. The van der Waals surface area contributed by atoms with Crippen LogP contribution >= 0.6 is 24.8 Å². The van der Waals surface area contributed by atoms with Crippen LogP contribution < -0.4 is 5.32 Å². The van der Waals surface area contributed by atoms with E-state index in [4.69, 9.17) is 4.98 Å². The van der Waals surface area contributed by atoms with Crippen LogP contribution in [0.5, 0.6) is 0 Å². The van der Waals surface area contributed by atoms with Gasteiger partial charge >= 0.3 is 0 Å². The van der Waals surface area contributed by atoms with Crippen molar-refractivity contribution in [2.75, 3.05) is 26.7 Å². The topological polar surface area (TPSA) is 58.1 Å². The number of amides is 1. The number of pyridine rings is 2. The molecule has 4 rings (SSSR count). The number of halogens is 2. The number of aromatic nitrogens is 2. The van der Waals surface area contributed by atoms with Crippen LogP contribution in [-0.2, 0) is 0 Å². The van der Waals surface area contributed by atoms with Crippen LogP contribution in [0, 0.1) is 5.92 Å². The first-order chi connectivity index (χ1) is 13.8. The van der Waals surface area contributed by atoms with Crippen molar-refractivity contribution >= 4 is 41.6 Å². The summed E-state index contributed by atoms with van der Waals surface area (Å²) in [6.45, 7) is 2.70. The quantitative estimate of drug-likeness (QED) is 0.621. The second-order valence-electron chi connectivity index (χ2n) is 7.44. The zero-order chi connectivity index (χ0) is 19.3. The van der Waals surface area contributed by atoms with E-state index in [0.29, 0.717) is 5.92 Å². The molecule has 1 aliphatic rings. The number of hydrogen-bond donors (Lipinski definition) is 1. The number of rotatable bonds is 5. The molecular weight excluding hydrogens is 419 g/mol. The van der Waals surface area contributed by atoms with Crippen LogP contribution in [0.25, 0.3) is 22.2 Å². The molecule has 0 unspecified atom stereocenters. The Morgan fingerprint density at radius 2 is 1.80 bits per heavy atom. The molecule has 0 aliphatic carbocycles. The van der Waals surface area contributed by atoms with E-state index in [1.54, 1.807) is 12.4 Å². The van der Waals surface area contributed by atoms with Crippen LogP contribution in [0.3, 0.4) is 0 Å². The van der Waals surface area contributed by atoms with Crippen LogP contribution in [-0.4, -0.2) is 47.5 Å². The van der Waals surface area contributed by atoms with Gasteiger partial charge in [-0.1, -0.05) is 18.2 Å². The second-order valence-corrected chi connectivity index (χ2v) is 7.44. The van der Waals surface area contributed by atoms with E-state index in [2.05, 4.69) is 10.3 Å². The SMILES string of the molecule is CNCCC1CCN(C(=O)c2cc(-c3ccncc3)nc3ccccc23)CC1.Cl.Cl. The van der Waals surface area contributed by atoms with Gasteiger partial charge < -0.3 is 10.2 Å².